The van der Waals surface area contributed by atoms with Crippen molar-refractivity contribution >= 4 is 17.9 Å². The number of aliphatic carboxylic acids is 3. The summed E-state index contributed by atoms with van der Waals surface area (Å²) in [5.41, 5.74) is -0.667. The Morgan fingerprint density at radius 1 is 0.731 bits per heavy atom. The molecule has 9 nitrogen and oxygen atoms in total. The zero-order valence-electron chi connectivity index (χ0n) is 14.4. The standard InChI is InChI=1S/C6H14O3.3C3H4O2.2FH/c1-2-6(3-7,4-8)5-9;3*1-2-3(4)5;;/h7-9H,2-5H2,1H3;3*2H,1H2,(H,4,5);2*1H. The van der Waals surface area contributed by atoms with Crippen LogP contribution in [0.4, 0.5) is 9.41 Å². The van der Waals surface area contributed by atoms with E-state index in [-0.39, 0.29) is 29.2 Å². The summed E-state index contributed by atoms with van der Waals surface area (Å²) in [6.07, 6.45) is 3.09. The fourth-order valence-electron chi connectivity index (χ4n) is 0.485. The van der Waals surface area contributed by atoms with E-state index in [4.69, 9.17) is 30.6 Å². The average Bonchev–Trinajstić information content (AvgIpc) is 2.59. The average molecular weight is 390 g/mol. The quantitative estimate of drug-likeness (QED) is 0.337. The van der Waals surface area contributed by atoms with Crippen LogP contribution in [-0.2, 0) is 14.4 Å². The molecule has 0 heterocycles. The van der Waals surface area contributed by atoms with Gasteiger partial charge in [0.15, 0.2) is 0 Å². The van der Waals surface area contributed by atoms with Crippen molar-refractivity contribution in [3.8, 4) is 0 Å². The minimum atomic E-state index is -0.981. The Morgan fingerprint density at radius 2 is 0.885 bits per heavy atom. The van der Waals surface area contributed by atoms with Crippen LogP contribution in [0, 0.1) is 5.41 Å². The van der Waals surface area contributed by atoms with Gasteiger partial charge in [-0.1, -0.05) is 26.7 Å². The van der Waals surface area contributed by atoms with Crippen LogP contribution in [0.25, 0.3) is 0 Å². The number of aliphatic hydroxyl groups excluding tert-OH is 3. The number of hydrogen-bond donors (Lipinski definition) is 6. The molecule has 11 heteroatoms. The molecule has 0 fully saturated rings. The Labute approximate surface area is 150 Å². The number of carbonyl (C=O) groups is 3. The van der Waals surface area contributed by atoms with E-state index < -0.39 is 23.3 Å². The van der Waals surface area contributed by atoms with E-state index in [1.807, 2.05) is 6.92 Å². The van der Waals surface area contributed by atoms with Crippen LogP contribution in [0.1, 0.15) is 13.3 Å². The first kappa shape index (κ1) is 38.8. The van der Waals surface area contributed by atoms with E-state index in [0.29, 0.717) is 6.42 Å². The molecule has 0 rings (SSSR count). The number of carboxylic acid groups (broad SMARTS) is 3. The van der Waals surface area contributed by atoms with Gasteiger partial charge in [-0.2, -0.15) is 0 Å². The summed E-state index contributed by atoms with van der Waals surface area (Å²) in [6.45, 7) is 10.2. The van der Waals surface area contributed by atoms with Crippen LogP contribution in [0.15, 0.2) is 38.0 Å². The van der Waals surface area contributed by atoms with E-state index in [2.05, 4.69) is 19.7 Å². The summed E-state index contributed by atoms with van der Waals surface area (Å²) in [7, 11) is 0. The van der Waals surface area contributed by atoms with E-state index >= 15 is 0 Å². The third-order valence-corrected chi connectivity index (χ3v) is 2.28. The van der Waals surface area contributed by atoms with Crippen LogP contribution in [0.3, 0.4) is 0 Å². The Morgan fingerprint density at radius 3 is 0.885 bits per heavy atom. The molecule has 0 unspecified atom stereocenters. The first-order valence-corrected chi connectivity index (χ1v) is 6.44. The highest BCUT2D eigenvalue weighted by atomic mass is 19.0. The number of rotatable bonds is 7. The van der Waals surface area contributed by atoms with Gasteiger partial charge in [0.05, 0.1) is 19.8 Å². The maximum absolute atomic E-state index is 9.25. The summed E-state index contributed by atoms with van der Waals surface area (Å²) < 4.78 is 0. The van der Waals surface area contributed by atoms with Crippen LogP contribution in [-0.4, -0.2) is 68.4 Å². The molecular formula is C15H28F2O9. The fourth-order valence-corrected chi connectivity index (χ4v) is 0.485. The molecule has 0 saturated carbocycles. The summed E-state index contributed by atoms with van der Waals surface area (Å²) in [4.78, 5) is 27.8. The maximum Gasteiger partial charge on any atom is 0.327 e. The first-order valence-electron chi connectivity index (χ1n) is 6.44. The molecule has 0 amide bonds. The lowest BCUT2D eigenvalue weighted by molar-refractivity contribution is -0.132. The second-order valence-electron chi connectivity index (χ2n) is 3.95. The molecule has 0 saturated heterocycles. The van der Waals surface area contributed by atoms with Gasteiger partial charge in [-0.25, -0.2) is 14.4 Å². The smallest absolute Gasteiger partial charge is 0.327 e. The third-order valence-electron chi connectivity index (χ3n) is 2.28. The van der Waals surface area contributed by atoms with Crippen LogP contribution in [0.5, 0.6) is 0 Å². The highest BCUT2D eigenvalue weighted by molar-refractivity contribution is 5.79. The van der Waals surface area contributed by atoms with Crippen molar-refractivity contribution in [1.29, 1.82) is 0 Å². The molecule has 0 aliphatic carbocycles. The van der Waals surface area contributed by atoms with Crippen LogP contribution < -0.4 is 0 Å². The van der Waals surface area contributed by atoms with Crippen molar-refractivity contribution in [2.75, 3.05) is 19.8 Å². The third kappa shape index (κ3) is 37.5. The van der Waals surface area contributed by atoms with Gasteiger partial charge in [0.25, 0.3) is 0 Å². The van der Waals surface area contributed by atoms with E-state index in [1.54, 1.807) is 0 Å². The molecule has 26 heavy (non-hydrogen) atoms. The summed E-state index contributed by atoms with van der Waals surface area (Å²) in [5.74, 6) is -2.94. The molecule has 0 bridgehead atoms. The van der Waals surface area contributed by atoms with Gasteiger partial charge in [0, 0.05) is 23.6 Å². The molecule has 0 spiro atoms. The lowest BCUT2D eigenvalue weighted by Gasteiger charge is -2.24. The Kier molecular flexibility index (Phi) is 40.6. The minimum absolute atomic E-state index is 0. The molecule has 0 aromatic rings. The minimum Gasteiger partial charge on any atom is -0.478 e. The SMILES string of the molecule is C=CC(=O)O.C=CC(=O)O.C=CC(=O)O.CCC(CO)(CO)CO.F.F. The number of carboxylic acids is 3. The van der Waals surface area contributed by atoms with Gasteiger partial charge < -0.3 is 30.6 Å². The topological polar surface area (TPSA) is 173 Å². The van der Waals surface area contributed by atoms with Gasteiger partial charge in [0.2, 0.25) is 0 Å². The van der Waals surface area contributed by atoms with Crippen molar-refractivity contribution in [3.63, 3.8) is 0 Å². The summed E-state index contributed by atoms with van der Waals surface area (Å²) in [6, 6.07) is 0. The normalized spacial score (nSPS) is 7.85. The number of hydrogen-bond acceptors (Lipinski definition) is 6. The first-order chi connectivity index (χ1) is 11.1. The highest BCUT2D eigenvalue weighted by Crippen LogP contribution is 2.18. The van der Waals surface area contributed by atoms with Crippen molar-refractivity contribution in [1.82, 2.24) is 0 Å². The number of aliphatic hydroxyl groups is 3. The van der Waals surface area contributed by atoms with Gasteiger partial charge in [-0.15, -0.1) is 0 Å². The van der Waals surface area contributed by atoms with Gasteiger partial charge in [-0.3, -0.25) is 9.41 Å². The van der Waals surface area contributed by atoms with Crippen molar-refractivity contribution in [3.05, 3.63) is 38.0 Å². The van der Waals surface area contributed by atoms with Crippen molar-refractivity contribution < 1.29 is 54.4 Å². The van der Waals surface area contributed by atoms with Gasteiger partial charge in [0.1, 0.15) is 0 Å². The molecular weight excluding hydrogens is 362 g/mol. The van der Waals surface area contributed by atoms with E-state index in [9.17, 15) is 14.4 Å². The molecule has 6 N–H and O–H groups in total. The maximum atomic E-state index is 9.25. The predicted octanol–water partition coefficient (Wildman–Crippen LogP) is 0.436. The van der Waals surface area contributed by atoms with Crippen LogP contribution in [0.2, 0.25) is 0 Å². The molecule has 0 aliphatic rings. The number of halogens is 2. The lowest BCUT2D eigenvalue weighted by Crippen LogP contribution is -2.32. The van der Waals surface area contributed by atoms with E-state index in [0.717, 1.165) is 18.2 Å². The Balaban J connectivity index is -0.0000000521. The summed E-state index contributed by atoms with van der Waals surface area (Å²) >= 11 is 0. The van der Waals surface area contributed by atoms with Crippen molar-refractivity contribution in [2.24, 2.45) is 5.41 Å². The zero-order chi connectivity index (χ0) is 20.2. The fraction of sp³-hybridized carbons (Fsp3) is 0.400. The Bertz CT molecular complexity index is 334. The molecule has 0 radical (unpaired) electrons. The van der Waals surface area contributed by atoms with Crippen LogP contribution >= 0.6 is 0 Å². The second kappa shape index (κ2) is 27.2. The molecule has 156 valence electrons. The second-order valence-corrected chi connectivity index (χ2v) is 3.95. The molecule has 0 aliphatic heterocycles. The van der Waals surface area contributed by atoms with Crippen molar-refractivity contribution in [2.45, 2.75) is 13.3 Å². The monoisotopic (exact) mass is 390 g/mol. The van der Waals surface area contributed by atoms with E-state index in [1.165, 1.54) is 0 Å². The predicted molar refractivity (Wildman–Crippen MR) is 92.5 cm³/mol. The highest BCUT2D eigenvalue weighted by Gasteiger charge is 2.24. The molecule has 0 aromatic carbocycles. The largest absolute Gasteiger partial charge is 0.478 e. The molecule has 0 atom stereocenters. The summed E-state index contributed by atoms with van der Waals surface area (Å²) in [5, 5.41) is 48.8. The zero-order valence-corrected chi connectivity index (χ0v) is 14.4. The Hall–Kier alpha value is -2.63. The lowest BCUT2D eigenvalue weighted by atomic mass is 9.88. The van der Waals surface area contributed by atoms with Gasteiger partial charge >= 0.3 is 17.9 Å². The molecule has 0 aromatic heterocycles. The van der Waals surface area contributed by atoms with Gasteiger partial charge in [-0.05, 0) is 6.42 Å².